The fourth-order valence-corrected chi connectivity index (χ4v) is 2.07. The Morgan fingerprint density at radius 3 is 2.82 bits per heavy atom. The molecule has 0 fully saturated rings. The van der Waals surface area contributed by atoms with E-state index in [1.165, 1.54) is 19.4 Å². The summed E-state index contributed by atoms with van der Waals surface area (Å²) in [5.74, 6) is 0.0992. The van der Waals surface area contributed by atoms with Crippen LogP contribution in [0.4, 0.5) is 4.39 Å². The van der Waals surface area contributed by atoms with E-state index in [0.29, 0.717) is 22.6 Å². The van der Waals surface area contributed by atoms with Crippen LogP contribution in [0.2, 0.25) is 0 Å². The van der Waals surface area contributed by atoms with E-state index in [0.717, 1.165) is 0 Å². The van der Waals surface area contributed by atoms with E-state index in [9.17, 15) is 9.18 Å². The first-order chi connectivity index (χ1) is 10.1. The van der Waals surface area contributed by atoms with Gasteiger partial charge in [-0.2, -0.15) is 0 Å². The Kier molecular flexibility index (Phi) is 6.39. The van der Waals surface area contributed by atoms with Crippen LogP contribution in [0.3, 0.4) is 0 Å². The van der Waals surface area contributed by atoms with Gasteiger partial charge in [-0.15, -0.1) is 12.4 Å². The molecule has 2 aromatic rings. The number of methoxy groups -OCH3 is 1. The number of amides is 1. The maximum Gasteiger partial charge on any atom is 0.255 e. The highest BCUT2D eigenvalue weighted by Gasteiger charge is 2.19. The summed E-state index contributed by atoms with van der Waals surface area (Å²) < 4.78 is 24.2. The van der Waals surface area contributed by atoms with Gasteiger partial charge in [0.1, 0.15) is 23.6 Å². The summed E-state index contributed by atoms with van der Waals surface area (Å²) in [4.78, 5) is 12.1. The quantitative estimate of drug-likeness (QED) is 0.884. The molecule has 2 rings (SSSR count). The monoisotopic (exact) mass is 328 g/mol. The molecule has 0 saturated heterocycles. The zero-order chi connectivity index (χ0) is 15.4. The molecule has 0 radical (unpaired) electrons. The standard InChI is InChI=1S/C15H17FN2O3.ClH/c1-9(14-12(16)4-3-5-13(14)20-2)18-15(19)10-6-11(7-17)21-8-10;/h3-6,8-9H,7,17H2,1-2H3,(H,18,19);1H. The first-order valence-corrected chi connectivity index (χ1v) is 6.47. The van der Waals surface area contributed by atoms with Gasteiger partial charge in [0.25, 0.3) is 5.91 Å². The van der Waals surface area contributed by atoms with E-state index in [1.807, 2.05) is 0 Å². The van der Waals surface area contributed by atoms with Crippen molar-refractivity contribution in [1.29, 1.82) is 0 Å². The lowest BCUT2D eigenvalue weighted by atomic mass is 10.1. The molecule has 1 aromatic carbocycles. The molecule has 22 heavy (non-hydrogen) atoms. The smallest absolute Gasteiger partial charge is 0.255 e. The van der Waals surface area contributed by atoms with Gasteiger partial charge in [0.15, 0.2) is 0 Å². The molecule has 1 unspecified atom stereocenters. The summed E-state index contributed by atoms with van der Waals surface area (Å²) in [6.45, 7) is 1.90. The van der Waals surface area contributed by atoms with E-state index in [-0.39, 0.29) is 24.9 Å². The number of hydrogen-bond donors (Lipinski definition) is 2. The van der Waals surface area contributed by atoms with E-state index in [1.54, 1.807) is 25.1 Å². The van der Waals surface area contributed by atoms with Crippen LogP contribution in [0.25, 0.3) is 0 Å². The zero-order valence-electron chi connectivity index (χ0n) is 12.3. The van der Waals surface area contributed by atoms with Gasteiger partial charge in [-0.1, -0.05) is 6.07 Å². The number of rotatable bonds is 5. The summed E-state index contributed by atoms with van der Waals surface area (Å²) in [5, 5.41) is 2.71. The third kappa shape index (κ3) is 3.78. The highest BCUT2D eigenvalue weighted by atomic mass is 35.5. The second kappa shape index (κ2) is 7.82. The molecule has 3 N–H and O–H groups in total. The lowest BCUT2D eigenvalue weighted by molar-refractivity contribution is 0.0938. The van der Waals surface area contributed by atoms with E-state index < -0.39 is 11.9 Å². The first-order valence-electron chi connectivity index (χ1n) is 6.47. The molecule has 0 aliphatic heterocycles. The normalized spacial score (nSPS) is 11.5. The third-order valence-corrected chi connectivity index (χ3v) is 3.13. The van der Waals surface area contributed by atoms with Crippen LogP contribution < -0.4 is 15.8 Å². The van der Waals surface area contributed by atoms with Crippen LogP contribution in [0, 0.1) is 5.82 Å². The van der Waals surface area contributed by atoms with Crippen molar-refractivity contribution in [3.05, 3.63) is 53.2 Å². The van der Waals surface area contributed by atoms with Crippen molar-refractivity contribution in [2.45, 2.75) is 19.5 Å². The van der Waals surface area contributed by atoms with Crippen LogP contribution in [-0.4, -0.2) is 13.0 Å². The van der Waals surface area contributed by atoms with Crippen molar-refractivity contribution >= 4 is 18.3 Å². The fourth-order valence-electron chi connectivity index (χ4n) is 2.07. The molecule has 1 heterocycles. The largest absolute Gasteiger partial charge is 0.496 e. The Labute approximate surface area is 134 Å². The molecule has 5 nitrogen and oxygen atoms in total. The second-order valence-corrected chi connectivity index (χ2v) is 4.56. The number of hydrogen-bond acceptors (Lipinski definition) is 4. The van der Waals surface area contributed by atoms with Crippen LogP contribution in [0.1, 0.15) is 34.6 Å². The van der Waals surface area contributed by atoms with Gasteiger partial charge in [0.2, 0.25) is 0 Å². The maximum absolute atomic E-state index is 13.9. The highest BCUT2D eigenvalue weighted by molar-refractivity contribution is 5.94. The molecule has 1 aromatic heterocycles. The summed E-state index contributed by atoms with van der Waals surface area (Å²) >= 11 is 0. The van der Waals surface area contributed by atoms with Crippen molar-refractivity contribution in [3.63, 3.8) is 0 Å². The summed E-state index contributed by atoms with van der Waals surface area (Å²) in [7, 11) is 1.45. The summed E-state index contributed by atoms with van der Waals surface area (Å²) in [6, 6.07) is 5.53. The molecule has 0 bridgehead atoms. The molecular formula is C15H18ClFN2O3. The molecule has 120 valence electrons. The predicted octanol–water partition coefficient (Wildman–Crippen LogP) is 2.80. The first kappa shape index (κ1) is 18.0. The molecule has 0 spiro atoms. The Bertz CT molecular complexity index is 645. The van der Waals surface area contributed by atoms with Gasteiger partial charge in [0, 0.05) is 0 Å². The summed E-state index contributed by atoms with van der Waals surface area (Å²) in [6.07, 6.45) is 1.32. The van der Waals surface area contributed by atoms with Crippen molar-refractivity contribution in [3.8, 4) is 5.75 Å². The molecule has 0 aliphatic carbocycles. The van der Waals surface area contributed by atoms with Gasteiger partial charge in [0.05, 0.1) is 30.8 Å². The number of nitrogens with two attached hydrogens (primary N) is 1. The number of carbonyl (C=O) groups is 1. The molecular weight excluding hydrogens is 311 g/mol. The van der Waals surface area contributed by atoms with Crippen LogP contribution >= 0.6 is 12.4 Å². The Morgan fingerprint density at radius 2 is 2.23 bits per heavy atom. The highest BCUT2D eigenvalue weighted by Crippen LogP contribution is 2.27. The predicted molar refractivity (Wildman–Crippen MR) is 82.7 cm³/mol. The van der Waals surface area contributed by atoms with Gasteiger partial charge in [-0.05, 0) is 25.1 Å². The summed E-state index contributed by atoms with van der Waals surface area (Å²) in [5.41, 5.74) is 6.07. The van der Waals surface area contributed by atoms with E-state index in [4.69, 9.17) is 14.9 Å². The van der Waals surface area contributed by atoms with Crippen LogP contribution in [-0.2, 0) is 6.54 Å². The molecule has 0 aliphatic rings. The minimum absolute atomic E-state index is 0. The lowest BCUT2D eigenvalue weighted by Crippen LogP contribution is -2.27. The number of carbonyl (C=O) groups excluding carboxylic acids is 1. The van der Waals surface area contributed by atoms with Gasteiger partial charge >= 0.3 is 0 Å². The minimum atomic E-state index is -0.551. The van der Waals surface area contributed by atoms with Crippen LogP contribution in [0.15, 0.2) is 34.9 Å². The molecule has 1 amide bonds. The Hall–Kier alpha value is -2.05. The fraction of sp³-hybridized carbons (Fsp3) is 0.267. The number of furan rings is 1. The third-order valence-electron chi connectivity index (χ3n) is 3.13. The number of ether oxygens (including phenoxy) is 1. The number of nitrogens with one attached hydrogen (secondary N) is 1. The van der Waals surface area contributed by atoms with Crippen molar-refractivity contribution in [2.24, 2.45) is 5.73 Å². The minimum Gasteiger partial charge on any atom is -0.496 e. The SMILES string of the molecule is COc1cccc(F)c1C(C)NC(=O)c1coc(CN)c1.Cl. The molecule has 1 atom stereocenters. The second-order valence-electron chi connectivity index (χ2n) is 4.56. The van der Waals surface area contributed by atoms with Crippen molar-refractivity contribution < 1.29 is 18.3 Å². The van der Waals surface area contributed by atoms with E-state index in [2.05, 4.69) is 5.32 Å². The van der Waals surface area contributed by atoms with E-state index >= 15 is 0 Å². The molecule has 7 heteroatoms. The van der Waals surface area contributed by atoms with Gasteiger partial charge < -0.3 is 20.2 Å². The van der Waals surface area contributed by atoms with Gasteiger partial charge in [-0.3, -0.25) is 4.79 Å². The molecule has 0 saturated carbocycles. The average molecular weight is 329 g/mol. The van der Waals surface area contributed by atoms with Crippen molar-refractivity contribution in [2.75, 3.05) is 7.11 Å². The van der Waals surface area contributed by atoms with Gasteiger partial charge in [-0.25, -0.2) is 4.39 Å². The number of halogens is 2. The maximum atomic E-state index is 13.9. The zero-order valence-corrected chi connectivity index (χ0v) is 13.1. The average Bonchev–Trinajstić information content (AvgIpc) is 2.95. The Balaban J connectivity index is 0.00000242. The lowest BCUT2D eigenvalue weighted by Gasteiger charge is -2.17. The van der Waals surface area contributed by atoms with Crippen LogP contribution in [0.5, 0.6) is 5.75 Å². The Morgan fingerprint density at radius 1 is 1.50 bits per heavy atom. The van der Waals surface area contributed by atoms with Crippen molar-refractivity contribution in [1.82, 2.24) is 5.32 Å². The number of benzene rings is 1. The topological polar surface area (TPSA) is 77.5 Å².